The molecule has 0 spiro atoms. The van der Waals surface area contributed by atoms with Crippen molar-refractivity contribution >= 4 is 33.3 Å². The molecule has 0 bridgehead atoms. The molecule has 3 amide bonds. The summed E-state index contributed by atoms with van der Waals surface area (Å²) in [6.45, 7) is 3.17. The fourth-order valence-electron chi connectivity index (χ4n) is 4.52. The summed E-state index contributed by atoms with van der Waals surface area (Å²) in [4.78, 5) is 27.8. The molecule has 0 aromatic heterocycles. The summed E-state index contributed by atoms with van der Waals surface area (Å²) < 4.78 is 60.6. The van der Waals surface area contributed by atoms with Crippen LogP contribution in [0.25, 0.3) is 0 Å². The molecule has 1 heterocycles. The Hall–Kier alpha value is -4.07. The number of carbonyl (C=O) groups is 2. The topological polar surface area (TPSA) is 128 Å². The third-order valence-corrected chi connectivity index (χ3v) is 8.84. The highest BCUT2D eigenvalue weighted by Crippen LogP contribution is 2.35. The van der Waals surface area contributed by atoms with Crippen LogP contribution in [0.4, 0.5) is 25.0 Å². The molecular formula is C29H32F2N4O6S. The summed E-state index contributed by atoms with van der Waals surface area (Å²) in [5, 5.41) is 15.1. The number of rotatable bonds is 8. The van der Waals surface area contributed by atoms with Crippen molar-refractivity contribution < 1.29 is 36.6 Å². The molecule has 3 atom stereocenters. The Kier molecular flexibility index (Phi) is 9.44. The zero-order chi connectivity index (χ0) is 30.6. The molecule has 0 saturated heterocycles. The van der Waals surface area contributed by atoms with Crippen molar-refractivity contribution in [3.05, 3.63) is 83.9 Å². The van der Waals surface area contributed by atoms with Crippen molar-refractivity contribution in [2.24, 2.45) is 5.92 Å². The number of fused-ring (bicyclic) bond motifs is 1. The first-order valence-corrected chi connectivity index (χ1v) is 14.6. The maximum Gasteiger partial charge on any atom is 0.323 e. The van der Waals surface area contributed by atoms with Crippen LogP contribution in [0, 0.1) is 17.6 Å². The number of benzene rings is 3. The van der Waals surface area contributed by atoms with Gasteiger partial charge in [-0.05, 0) is 67.6 Å². The van der Waals surface area contributed by atoms with Crippen molar-refractivity contribution in [1.29, 1.82) is 0 Å². The highest BCUT2D eigenvalue weighted by molar-refractivity contribution is 7.89. The van der Waals surface area contributed by atoms with E-state index in [1.807, 2.05) is 0 Å². The highest BCUT2D eigenvalue weighted by atomic mass is 32.2. The summed E-state index contributed by atoms with van der Waals surface area (Å²) in [5.74, 6) is -1.88. The van der Waals surface area contributed by atoms with E-state index < -0.39 is 51.7 Å². The first-order chi connectivity index (χ1) is 19.9. The molecule has 3 aromatic carbocycles. The zero-order valence-corrected chi connectivity index (χ0v) is 24.1. The largest absolute Gasteiger partial charge is 0.486 e. The second-order valence-corrected chi connectivity index (χ2v) is 12.2. The molecule has 1 aliphatic heterocycles. The van der Waals surface area contributed by atoms with Gasteiger partial charge in [0.1, 0.15) is 17.7 Å². The van der Waals surface area contributed by atoms with Gasteiger partial charge in [-0.2, -0.15) is 4.31 Å². The van der Waals surface area contributed by atoms with E-state index in [1.54, 1.807) is 19.9 Å². The van der Waals surface area contributed by atoms with E-state index in [1.165, 1.54) is 60.5 Å². The molecule has 42 heavy (non-hydrogen) atoms. The summed E-state index contributed by atoms with van der Waals surface area (Å²) in [6, 6.07) is 12.9. The normalized spacial score (nSPS) is 18.0. The minimum absolute atomic E-state index is 0.0241. The predicted octanol–water partition coefficient (Wildman–Crippen LogP) is 4.15. The first-order valence-electron chi connectivity index (χ1n) is 13.2. The van der Waals surface area contributed by atoms with Crippen LogP contribution in [0.15, 0.2) is 71.6 Å². The van der Waals surface area contributed by atoms with Gasteiger partial charge in [-0.15, -0.1) is 0 Å². The van der Waals surface area contributed by atoms with Gasteiger partial charge in [0.15, 0.2) is 5.75 Å². The zero-order valence-electron chi connectivity index (χ0n) is 23.3. The average Bonchev–Trinajstić information content (AvgIpc) is 2.96. The van der Waals surface area contributed by atoms with E-state index in [2.05, 4.69) is 10.6 Å². The molecule has 0 fully saturated rings. The Bertz CT molecular complexity index is 1540. The minimum Gasteiger partial charge on any atom is -0.486 e. The lowest BCUT2D eigenvalue weighted by molar-refractivity contribution is 0.0389. The van der Waals surface area contributed by atoms with Crippen LogP contribution in [-0.2, 0) is 10.0 Å². The van der Waals surface area contributed by atoms with E-state index in [4.69, 9.17) is 4.74 Å². The van der Waals surface area contributed by atoms with Gasteiger partial charge in [0, 0.05) is 25.2 Å². The van der Waals surface area contributed by atoms with Gasteiger partial charge >= 0.3 is 6.03 Å². The number of para-hydroxylation sites is 1. The Morgan fingerprint density at radius 3 is 2.31 bits per heavy atom. The van der Waals surface area contributed by atoms with E-state index >= 15 is 0 Å². The fraction of sp³-hybridized carbons (Fsp3) is 0.310. The van der Waals surface area contributed by atoms with Crippen LogP contribution in [-0.4, -0.2) is 73.6 Å². The summed E-state index contributed by atoms with van der Waals surface area (Å²) in [7, 11) is -2.66. The molecule has 3 aromatic rings. The Balaban J connectivity index is 1.68. The van der Waals surface area contributed by atoms with Gasteiger partial charge < -0.3 is 25.4 Å². The van der Waals surface area contributed by atoms with E-state index in [0.717, 1.165) is 16.4 Å². The van der Waals surface area contributed by atoms with Gasteiger partial charge in [0.05, 0.1) is 35.3 Å². The average molecular weight is 603 g/mol. The number of carbonyl (C=O) groups excluding carboxylic acids is 2. The van der Waals surface area contributed by atoms with Crippen LogP contribution in [0.5, 0.6) is 5.75 Å². The molecule has 0 saturated carbocycles. The van der Waals surface area contributed by atoms with Gasteiger partial charge in [-0.3, -0.25) is 4.79 Å². The molecule has 4 rings (SSSR count). The second kappa shape index (κ2) is 12.8. The number of aliphatic hydroxyl groups excluding tert-OH is 1. The second-order valence-electron chi connectivity index (χ2n) is 10.1. The van der Waals surface area contributed by atoms with Crippen molar-refractivity contribution in [2.75, 3.05) is 37.4 Å². The number of aliphatic hydroxyl groups is 1. The van der Waals surface area contributed by atoms with Gasteiger partial charge in [0.25, 0.3) is 5.91 Å². The molecule has 0 aliphatic carbocycles. The Morgan fingerprint density at radius 1 is 1.07 bits per heavy atom. The number of hydrogen-bond donors (Lipinski definition) is 3. The molecule has 1 aliphatic rings. The minimum atomic E-state index is -4.03. The van der Waals surface area contributed by atoms with E-state index in [-0.39, 0.29) is 41.6 Å². The molecule has 0 radical (unpaired) electrons. The van der Waals surface area contributed by atoms with Gasteiger partial charge in [-0.1, -0.05) is 13.0 Å². The van der Waals surface area contributed by atoms with E-state index in [0.29, 0.717) is 5.69 Å². The monoisotopic (exact) mass is 602 g/mol. The molecule has 13 heteroatoms. The van der Waals surface area contributed by atoms with Gasteiger partial charge in [-0.25, -0.2) is 22.0 Å². The number of amides is 3. The van der Waals surface area contributed by atoms with Crippen molar-refractivity contribution in [1.82, 2.24) is 9.21 Å². The molecule has 3 unspecified atom stereocenters. The number of nitrogens with one attached hydrogen (secondary N) is 2. The summed E-state index contributed by atoms with van der Waals surface area (Å²) in [6.07, 6.45) is -0.812. The highest BCUT2D eigenvalue weighted by Gasteiger charge is 2.36. The number of halogens is 2. The van der Waals surface area contributed by atoms with Crippen LogP contribution in [0.2, 0.25) is 0 Å². The van der Waals surface area contributed by atoms with Crippen LogP contribution < -0.4 is 15.4 Å². The number of urea groups is 1. The number of anilines is 2. The van der Waals surface area contributed by atoms with Crippen LogP contribution >= 0.6 is 0 Å². The van der Waals surface area contributed by atoms with E-state index in [9.17, 15) is 31.9 Å². The third kappa shape index (κ3) is 6.86. The molecule has 224 valence electrons. The fourth-order valence-corrected chi connectivity index (χ4v) is 5.70. The standard InChI is InChI=1S/C29H32F2N4O6S/c1-18-15-35(19(2)17-36)28(37)24-5-4-6-25(33-29(38)32-22-11-7-20(30)8-12-22)27(24)41-26(18)16-34(3)42(39,40)23-13-9-21(31)10-14-23/h4-14,18-19,26,36H,15-17H2,1-3H3,(H2,32,33,38). The van der Waals surface area contributed by atoms with Gasteiger partial charge in [0.2, 0.25) is 10.0 Å². The number of ether oxygens (including phenoxy) is 1. The van der Waals surface area contributed by atoms with Crippen molar-refractivity contribution in [3.63, 3.8) is 0 Å². The number of hydrogen-bond acceptors (Lipinski definition) is 6. The van der Waals surface area contributed by atoms with Crippen molar-refractivity contribution in [3.8, 4) is 5.75 Å². The number of nitrogens with zero attached hydrogens (tertiary/aromatic N) is 2. The maximum atomic E-state index is 13.6. The lowest BCUT2D eigenvalue weighted by Gasteiger charge is -2.38. The first kappa shape index (κ1) is 30.9. The number of sulfonamides is 1. The third-order valence-electron chi connectivity index (χ3n) is 7.00. The Labute approximate surface area is 242 Å². The number of likely N-dealkylation sites (N-methyl/N-ethyl adjacent to an activating group) is 1. The molecule has 3 N–H and O–H groups in total. The molecular weight excluding hydrogens is 570 g/mol. The van der Waals surface area contributed by atoms with Crippen LogP contribution in [0.1, 0.15) is 24.2 Å². The Morgan fingerprint density at radius 2 is 1.69 bits per heavy atom. The summed E-state index contributed by atoms with van der Waals surface area (Å²) in [5.41, 5.74) is 0.572. The van der Waals surface area contributed by atoms with Crippen molar-refractivity contribution in [2.45, 2.75) is 30.9 Å². The summed E-state index contributed by atoms with van der Waals surface area (Å²) >= 11 is 0. The molecule has 10 nitrogen and oxygen atoms in total. The quantitative estimate of drug-likeness (QED) is 0.356. The lowest BCUT2D eigenvalue weighted by Crippen LogP contribution is -2.50. The van der Waals surface area contributed by atoms with Crippen LogP contribution in [0.3, 0.4) is 0 Å². The smallest absolute Gasteiger partial charge is 0.323 e. The maximum absolute atomic E-state index is 13.6. The lowest BCUT2D eigenvalue weighted by atomic mass is 9.99. The SMILES string of the molecule is CC1CN(C(C)CO)C(=O)c2cccc(NC(=O)Nc3ccc(F)cc3)c2OC1CN(C)S(=O)(=O)c1ccc(F)cc1. The predicted molar refractivity (Wildman–Crippen MR) is 153 cm³/mol.